The van der Waals surface area contributed by atoms with Crippen LogP contribution in [0.1, 0.15) is 146 Å². The fourth-order valence-electron chi connectivity index (χ4n) is 11.8. The van der Waals surface area contributed by atoms with E-state index >= 15 is 0 Å². The van der Waals surface area contributed by atoms with Crippen molar-refractivity contribution in [2.75, 3.05) is 12.8 Å². The number of halogens is 24. The SMILES string of the molecule is FC(F)(F)c1cc([B-](c2cc(C(F)(F)F)cc(C(F)(F)F)c2)(c2cc(C(F)(F)F)cc(C(F)(F)F)c2)c2cc(C(F)(F)F)cc(C(F)(F)F)c2)cc(C(F)(F)F)c1.[CH]1[CH]CC[CH][CH]CC1.[Ir].c1ccc([C@H]2COC(CP(C3CCCCC3)C3CCCCC3)=N2)cc1. The third-order valence-electron chi connectivity index (χ3n) is 16.1. The molecule has 0 spiro atoms. The molecular weight excluding hydrogens is 1460 g/mol. The number of alkyl halides is 24. The predicted molar refractivity (Wildman–Crippen MR) is 294 cm³/mol. The molecule has 0 saturated heterocycles. The van der Waals surface area contributed by atoms with Gasteiger partial charge >= 0.3 is 49.4 Å². The van der Waals surface area contributed by atoms with Crippen LogP contribution in [-0.4, -0.2) is 36.1 Å². The van der Waals surface area contributed by atoms with Crippen LogP contribution in [-0.2, 0) is 74.3 Å². The Morgan fingerprint density at radius 3 is 0.857 bits per heavy atom. The molecule has 5 radical (unpaired) electrons. The zero-order chi connectivity index (χ0) is 66.5. The molecule has 5 aromatic carbocycles. The zero-order valence-corrected chi connectivity index (χ0v) is 50.7. The van der Waals surface area contributed by atoms with Crippen molar-refractivity contribution in [2.45, 2.75) is 157 Å². The first-order valence-electron chi connectivity index (χ1n) is 28.3. The molecule has 29 heteroatoms. The number of benzene rings is 5. The largest absolute Gasteiger partial charge is 0.478 e. The molecule has 3 fully saturated rings. The van der Waals surface area contributed by atoms with Crippen molar-refractivity contribution < 1.29 is 130 Å². The Bertz CT molecular complexity index is 2730. The summed E-state index contributed by atoms with van der Waals surface area (Å²) in [7, 11) is 0.0482. The van der Waals surface area contributed by atoms with Gasteiger partial charge in [0, 0.05) is 26.3 Å². The van der Waals surface area contributed by atoms with Gasteiger partial charge in [0.2, 0.25) is 0 Å². The molecule has 2 nitrogen and oxygen atoms in total. The van der Waals surface area contributed by atoms with Crippen LogP contribution in [0.25, 0.3) is 0 Å². The summed E-state index contributed by atoms with van der Waals surface area (Å²) < 4.78 is 347. The fourth-order valence-corrected chi connectivity index (χ4v) is 15.5. The Balaban J connectivity index is 0.000000313. The van der Waals surface area contributed by atoms with E-state index in [2.05, 4.69) is 56.0 Å². The van der Waals surface area contributed by atoms with Crippen molar-refractivity contribution in [3.63, 3.8) is 0 Å². The van der Waals surface area contributed by atoms with Crippen LogP contribution in [0.3, 0.4) is 0 Å². The molecule has 0 N–H and O–H groups in total. The molecule has 1 atom stereocenters. The van der Waals surface area contributed by atoms with Gasteiger partial charge in [-0.1, -0.05) is 125 Å². The van der Waals surface area contributed by atoms with Crippen LogP contribution in [0.15, 0.2) is 108 Å². The van der Waals surface area contributed by atoms with Gasteiger partial charge in [0.1, 0.15) is 18.8 Å². The van der Waals surface area contributed by atoms with Gasteiger partial charge in [-0.05, 0) is 118 Å². The van der Waals surface area contributed by atoms with Crippen LogP contribution in [0.5, 0.6) is 0 Å². The van der Waals surface area contributed by atoms with E-state index in [1.807, 2.05) is 0 Å². The smallest absolute Gasteiger partial charge is 0.416 e. The molecule has 4 aliphatic rings. The number of ether oxygens (including phenoxy) is 1. The monoisotopic (exact) mass is 1520 g/mol. The maximum atomic E-state index is 14.2. The van der Waals surface area contributed by atoms with Gasteiger partial charge in [0.05, 0.1) is 44.5 Å². The summed E-state index contributed by atoms with van der Waals surface area (Å²) in [5.74, 6) is 1.08. The Labute approximate surface area is 523 Å². The van der Waals surface area contributed by atoms with E-state index in [4.69, 9.17) is 9.73 Å². The van der Waals surface area contributed by atoms with E-state index in [1.165, 1.54) is 95.5 Å². The quantitative estimate of drug-likeness (QED) is 0.0819. The first-order chi connectivity index (χ1) is 41.7. The topological polar surface area (TPSA) is 21.6 Å². The molecule has 0 amide bonds. The first kappa shape index (κ1) is 75.1. The van der Waals surface area contributed by atoms with Gasteiger partial charge in [0.25, 0.3) is 0 Å². The minimum absolute atomic E-state index is 0. The predicted octanol–water partition coefficient (Wildman–Crippen LogP) is 19.9. The van der Waals surface area contributed by atoms with Crippen molar-refractivity contribution in [1.29, 1.82) is 0 Å². The van der Waals surface area contributed by atoms with Crippen molar-refractivity contribution in [3.05, 3.63) is 179 Å². The van der Waals surface area contributed by atoms with E-state index in [9.17, 15) is 105 Å². The molecule has 91 heavy (non-hydrogen) atoms. The Kier molecular flexibility index (Phi) is 24.6. The van der Waals surface area contributed by atoms with Gasteiger partial charge < -0.3 is 4.74 Å². The van der Waals surface area contributed by atoms with Gasteiger partial charge in [-0.15, -0.1) is 0 Å². The summed E-state index contributed by atoms with van der Waals surface area (Å²) in [4.78, 5) is 5.00. The van der Waals surface area contributed by atoms with E-state index in [0.29, 0.717) is 0 Å². The summed E-state index contributed by atoms with van der Waals surface area (Å²) in [5, 5.41) is 0. The fraction of sp³-hybridized carbons (Fsp3) is 0.435. The maximum absolute atomic E-state index is 14.2. The molecule has 0 bridgehead atoms. The second-order valence-electron chi connectivity index (χ2n) is 22.3. The number of hydrogen-bond donors (Lipinski definition) is 0. The molecule has 3 saturated carbocycles. The molecular formula is C62H56BF24IrNOP-. The van der Waals surface area contributed by atoms with Crippen molar-refractivity contribution >= 4 is 41.8 Å². The summed E-state index contributed by atoms with van der Waals surface area (Å²) in [6.45, 7) is 0.748. The van der Waals surface area contributed by atoms with E-state index in [1.54, 1.807) is 0 Å². The molecule has 0 aromatic heterocycles. The Morgan fingerprint density at radius 1 is 0.363 bits per heavy atom. The summed E-state index contributed by atoms with van der Waals surface area (Å²) in [5.41, 5.74) is -26.9. The van der Waals surface area contributed by atoms with Crippen LogP contribution in [0, 0.1) is 25.7 Å². The van der Waals surface area contributed by atoms with Crippen LogP contribution in [0.4, 0.5) is 105 Å². The maximum Gasteiger partial charge on any atom is 0.416 e. The number of nitrogens with zero attached hydrogens (tertiary/aromatic N) is 1. The Hall–Kier alpha value is -4.97. The average molecular weight is 1520 g/mol. The standard InChI is InChI=1S/C32H12BF24.C22H32NOP.C8H12.Ir/c34-25(35,36)13-1-14(26(37,38)39)6-21(5-13)33(22-7-15(27(40,41)42)2-16(8-22)28(43,44)45,23-9-17(29(46,47)48)3-18(10-23)30(49,50)51)24-11-19(31(52,53)54)4-20(12-24)32(55,56)57;1-4-10-18(11-5-1)21-16-24-22(23-21)17-25(19-12-6-2-7-13-19)20-14-8-3-9-15-20;1-2-4-6-8-7-5-3-1;/h1-12H;1,4-5,10-11,19-21H,2-3,6-9,12-17H2;1-2,7-8H,3-6H2;/q-1;;;/t;21-;;/m.1../s1. The van der Waals surface area contributed by atoms with E-state index in [-0.39, 0.29) is 34.1 Å². The van der Waals surface area contributed by atoms with Crippen LogP contribution < -0.4 is 21.9 Å². The molecule has 0 unspecified atom stereocenters. The molecule has 1 aliphatic heterocycles. The van der Waals surface area contributed by atoms with Crippen molar-refractivity contribution in [2.24, 2.45) is 4.99 Å². The second kappa shape index (κ2) is 29.8. The minimum atomic E-state index is -6.13. The number of hydrogen-bond acceptors (Lipinski definition) is 2. The number of aliphatic imine (C=N–C) groups is 1. The average Bonchev–Trinajstić information content (AvgIpc) is 0.946. The van der Waals surface area contributed by atoms with Crippen molar-refractivity contribution in [3.8, 4) is 0 Å². The minimum Gasteiger partial charge on any atom is -0.478 e. The Morgan fingerprint density at radius 2 is 0.615 bits per heavy atom. The molecule has 501 valence electrons. The zero-order valence-electron chi connectivity index (χ0n) is 47.5. The van der Waals surface area contributed by atoms with Gasteiger partial charge in [-0.3, -0.25) is 0 Å². The van der Waals surface area contributed by atoms with Gasteiger partial charge in [-0.2, -0.15) is 127 Å². The summed E-state index contributed by atoms with van der Waals surface area (Å²) in [6.07, 6.45) is -25.0. The molecule has 5 aromatic rings. The molecule has 3 aliphatic carbocycles. The summed E-state index contributed by atoms with van der Waals surface area (Å²) in [6, 6.07) is 2.09. The van der Waals surface area contributed by atoms with E-state index < -0.39 is 195 Å². The first-order valence-corrected chi connectivity index (χ1v) is 30.0. The normalized spacial score (nSPS) is 18.2. The van der Waals surface area contributed by atoms with Crippen LogP contribution >= 0.6 is 7.92 Å². The molecule has 9 rings (SSSR count). The number of rotatable bonds is 9. The third kappa shape index (κ3) is 19.8. The summed E-state index contributed by atoms with van der Waals surface area (Å²) >= 11 is 0. The third-order valence-corrected chi connectivity index (χ3v) is 19.6. The van der Waals surface area contributed by atoms with Gasteiger partial charge in [-0.25, -0.2) is 4.99 Å². The molecule has 1 heterocycles. The van der Waals surface area contributed by atoms with E-state index in [0.717, 1.165) is 30.0 Å². The van der Waals surface area contributed by atoms with Crippen LogP contribution in [0.2, 0.25) is 0 Å². The van der Waals surface area contributed by atoms with Crippen molar-refractivity contribution in [1.82, 2.24) is 0 Å². The van der Waals surface area contributed by atoms with Gasteiger partial charge in [0.15, 0.2) is 5.90 Å². The second-order valence-corrected chi connectivity index (χ2v) is 25.1.